The fourth-order valence-corrected chi connectivity index (χ4v) is 1.63. The summed E-state index contributed by atoms with van der Waals surface area (Å²) < 4.78 is 6.81. The van der Waals surface area contributed by atoms with Gasteiger partial charge < -0.3 is 10.2 Å². The average molecular weight is 235 g/mol. The first-order valence-electron chi connectivity index (χ1n) is 4.60. The van der Waals surface area contributed by atoms with Crippen molar-refractivity contribution in [2.75, 3.05) is 5.73 Å². The van der Waals surface area contributed by atoms with E-state index in [4.69, 9.17) is 21.8 Å². The molecule has 80 valence electrons. The average Bonchev–Trinajstić information content (AvgIpc) is 2.84. The second-order valence-corrected chi connectivity index (χ2v) is 3.65. The molecule has 0 atom stereocenters. The highest BCUT2D eigenvalue weighted by Gasteiger charge is 2.10. The molecule has 5 nitrogen and oxygen atoms in total. The molecule has 0 saturated carbocycles. The maximum atomic E-state index is 5.76. The highest BCUT2D eigenvalue weighted by molar-refractivity contribution is 6.28. The van der Waals surface area contributed by atoms with Crippen LogP contribution < -0.4 is 5.73 Å². The lowest BCUT2D eigenvalue weighted by Crippen LogP contribution is -1.98. The molecule has 0 saturated heterocycles. The van der Waals surface area contributed by atoms with Gasteiger partial charge in [0.2, 0.25) is 0 Å². The number of nitrogen functional groups attached to an aromatic ring is 1. The summed E-state index contributed by atoms with van der Waals surface area (Å²) in [7, 11) is 0. The quantitative estimate of drug-likeness (QED) is 0.701. The molecule has 0 aliphatic heterocycles. The molecule has 3 aromatic heterocycles. The minimum absolute atomic E-state index is 0.327. The van der Waals surface area contributed by atoms with Crippen molar-refractivity contribution in [1.29, 1.82) is 0 Å². The SMILES string of the molecule is Nc1ccnc2cc(-c3ccc(Cl)o3)nn12. The summed E-state index contributed by atoms with van der Waals surface area (Å²) in [4.78, 5) is 4.14. The molecule has 0 amide bonds. The van der Waals surface area contributed by atoms with Crippen molar-refractivity contribution >= 4 is 23.1 Å². The molecule has 0 fully saturated rings. The molecule has 16 heavy (non-hydrogen) atoms. The molecule has 3 heterocycles. The Morgan fingerprint density at radius 3 is 2.88 bits per heavy atom. The number of rotatable bonds is 1. The smallest absolute Gasteiger partial charge is 0.194 e. The van der Waals surface area contributed by atoms with Gasteiger partial charge in [-0.15, -0.1) is 0 Å². The molecular formula is C10H7ClN4O. The Balaban J connectivity index is 2.22. The minimum atomic E-state index is 0.327. The number of anilines is 1. The third-order valence-electron chi connectivity index (χ3n) is 2.21. The fraction of sp³-hybridized carbons (Fsp3) is 0. The summed E-state index contributed by atoms with van der Waals surface area (Å²) in [6.45, 7) is 0. The number of hydrogen-bond donors (Lipinski definition) is 1. The lowest BCUT2D eigenvalue weighted by Gasteiger charge is -1.94. The predicted molar refractivity (Wildman–Crippen MR) is 60.1 cm³/mol. The van der Waals surface area contributed by atoms with Gasteiger partial charge in [-0.05, 0) is 29.8 Å². The van der Waals surface area contributed by atoms with E-state index in [1.807, 2.05) is 0 Å². The van der Waals surface area contributed by atoms with E-state index in [0.29, 0.717) is 28.1 Å². The second-order valence-electron chi connectivity index (χ2n) is 3.27. The molecule has 0 aromatic carbocycles. The largest absolute Gasteiger partial charge is 0.443 e. The number of hydrogen-bond acceptors (Lipinski definition) is 4. The first-order valence-corrected chi connectivity index (χ1v) is 4.98. The van der Waals surface area contributed by atoms with Crippen molar-refractivity contribution in [2.45, 2.75) is 0 Å². The van der Waals surface area contributed by atoms with Crippen molar-refractivity contribution in [3.8, 4) is 11.5 Å². The van der Waals surface area contributed by atoms with Crippen molar-refractivity contribution in [2.24, 2.45) is 0 Å². The summed E-state index contributed by atoms with van der Waals surface area (Å²) in [5, 5.41) is 4.60. The van der Waals surface area contributed by atoms with Crippen LogP contribution in [0.25, 0.3) is 17.1 Å². The van der Waals surface area contributed by atoms with E-state index in [9.17, 15) is 0 Å². The first-order chi connectivity index (χ1) is 7.74. The molecule has 0 spiro atoms. The van der Waals surface area contributed by atoms with Gasteiger partial charge in [0.25, 0.3) is 0 Å². The number of nitrogens with zero attached hydrogens (tertiary/aromatic N) is 3. The molecule has 0 aliphatic rings. The molecule has 3 aromatic rings. The fourth-order valence-electron chi connectivity index (χ4n) is 1.49. The normalized spacial score (nSPS) is 11.1. The van der Waals surface area contributed by atoms with Gasteiger partial charge in [-0.1, -0.05) is 0 Å². The summed E-state index contributed by atoms with van der Waals surface area (Å²) in [5.74, 6) is 1.11. The van der Waals surface area contributed by atoms with Crippen LogP contribution in [0.2, 0.25) is 5.22 Å². The van der Waals surface area contributed by atoms with Crippen molar-refractivity contribution in [3.05, 3.63) is 35.7 Å². The van der Waals surface area contributed by atoms with Crippen molar-refractivity contribution in [3.63, 3.8) is 0 Å². The zero-order valence-corrected chi connectivity index (χ0v) is 8.85. The monoisotopic (exact) mass is 234 g/mol. The number of furan rings is 1. The number of halogens is 1. The van der Waals surface area contributed by atoms with Gasteiger partial charge in [-0.2, -0.15) is 9.61 Å². The van der Waals surface area contributed by atoms with E-state index >= 15 is 0 Å². The number of nitrogens with two attached hydrogens (primary N) is 1. The highest BCUT2D eigenvalue weighted by Crippen LogP contribution is 2.24. The lowest BCUT2D eigenvalue weighted by molar-refractivity contribution is 0.581. The van der Waals surface area contributed by atoms with Gasteiger partial charge in [-0.3, -0.25) is 0 Å². The van der Waals surface area contributed by atoms with Gasteiger partial charge in [0.1, 0.15) is 11.5 Å². The summed E-state index contributed by atoms with van der Waals surface area (Å²) in [6, 6.07) is 6.88. The van der Waals surface area contributed by atoms with E-state index in [-0.39, 0.29) is 0 Å². The third-order valence-corrected chi connectivity index (χ3v) is 2.42. The van der Waals surface area contributed by atoms with Crippen LogP contribution in [-0.4, -0.2) is 14.6 Å². The first kappa shape index (κ1) is 9.23. The molecule has 0 radical (unpaired) electrons. The zero-order chi connectivity index (χ0) is 11.1. The van der Waals surface area contributed by atoms with Gasteiger partial charge in [-0.25, -0.2) is 4.98 Å². The maximum Gasteiger partial charge on any atom is 0.194 e. The van der Waals surface area contributed by atoms with E-state index in [2.05, 4.69) is 10.1 Å². The van der Waals surface area contributed by atoms with Crippen molar-refractivity contribution in [1.82, 2.24) is 14.6 Å². The molecule has 0 aliphatic carbocycles. The highest BCUT2D eigenvalue weighted by atomic mass is 35.5. The van der Waals surface area contributed by atoms with Crippen molar-refractivity contribution < 1.29 is 4.42 Å². The minimum Gasteiger partial charge on any atom is -0.443 e. The summed E-state index contributed by atoms with van der Waals surface area (Å²) in [5.41, 5.74) is 7.08. The molecule has 6 heteroatoms. The molecular weight excluding hydrogens is 228 g/mol. The topological polar surface area (TPSA) is 69.3 Å². The number of aromatic nitrogens is 3. The van der Waals surface area contributed by atoms with Crippen LogP contribution in [-0.2, 0) is 0 Å². The lowest BCUT2D eigenvalue weighted by atomic mass is 10.3. The Bertz CT molecular complexity index is 658. The van der Waals surface area contributed by atoms with Crippen LogP contribution >= 0.6 is 11.6 Å². The standard InChI is InChI=1S/C10H7ClN4O/c11-8-2-1-7(16-8)6-5-10-13-4-3-9(12)15(10)14-6/h1-5H,12H2. The Morgan fingerprint density at radius 1 is 1.31 bits per heavy atom. The van der Waals surface area contributed by atoms with E-state index in [1.54, 1.807) is 35.0 Å². The van der Waals surface area contributed by atoms with Crippen LogP contribution in [0, 0.1) is 0 Å². The predicted octanol–water partition coefficient (Wildman–Crippen LogP) is 2.22. The van der Waals surface area contributed by atoms with E-state index in [1.165, 1.54) is 0 Å². The summed E-state index contributed by atoms with van der Waals surface area (Å²) in [6.07, 6.45) is 1.63. The van der Waals surface area contributed by atoms with Crippen LogP contribution in [0.3, 0.4) is 0 Å². The van der Waals surface area contributed by atoms with E-state index < -0.39 is 0 Å². The Kier molecular flexibility index (Phi) is 1.87. The molecule has 3 rings (SSSR count). The zero-order valence-electron chi connectivity index (χ0n) is 8.09. The van der Waals surface area contributed by atoms with Gasteiger partial charge >= 0.3 is 0 Å². The number of fused-ring (bicyclic) bond motifs is 1. The van der Waals surface area contributed by atoms with Crippen LogP contribution in [0.4, 0.5) is 5.82 Å². The van der Waals surface area contributed by atoms with Gasteiger partial charge in [0.15, 0.2) is 16.6 Å². The van der Waals surface area contributed by atoms with Gasteiger partial charge in [0.05, 0.1) is 0 Å². The van der Waals surface area contributed by atoms with Crippen LogP contribution in [0.15, 0.2) is 34.9 Å². The van der Waals surface area contributed by atoms with E-state index in [0.717, 1.165) is 0 Å². The Labute approximate surface area is 95.5 Å². The van der Waals surface area contributed by atoms with Crippen LogP contribution in [0.1, 0.15) is 0 Å². The van der Waals surface area contributed by atoms with Crippen LogP contribution in [0.5, 0.6) is 0 Å². The summed E-state index contributed by atoms with van der Waals surface area (Å²) >= 11 is 5.70. The molecule has 0 bridgehead atoms. The molecule has 0 unspecified atom stereocenters. The maximum absolute atomic E-state index is 5.76. The molecule has 2 N–H and O–H groups in total. The third kappa shape index (κ3) is 1.33. The second kappa shape index (κ2) is 3.24. The Hall–Kier alpha value is -2.01. The van der Waals surface area contributed by atoms with Gasteiger partial charge in [0, 0.05) is 12.3 Å². The Morgan fingerprint density at radius 2 is 2.19 bits per heavy atom.